The third-order valence-corrected chi connectivity index (χ3v) is 3.48. The molecule has 1 aliphatic heterocycles. The van der Waals surface area contributed by atoms with E-state index in [-0.39, 0.29) is 0 Å². The molecule has 10 heavy (non-hydrogen) atoms. The molecule has 1 aliphatic carbocycles. The van der Waals surface area contributed by atoms with Crippen molar-refractivity contribution in [2.24, 2.45) is 5.41 Å². The van der Waals surface area contributed by atoms with E-state index < -0.39 is 0 Å². The van der Waals surface area contributed by atoms with E-state index >= 15 is 0 Å². The first-order valence-electron chi connectivity index (χ1n) is 4.42. The van der Waals surface area contributed by atoms with Crippen molar-refractivity contribution in [2.75, 3.05) is 13.6 Å². The van der Waals surface area contributed by atoms with Crippen LogP contribution in [0.2, 0.25) is 0 Å². The van der Waals surface area contributed by atoms with Gasteiger partial charge in [0.15, 0.2) is 0 Å². The molecule has 1 saturated carbocycles. The lowest BCUT2D eigenvalue weighted by atomic mass is 9.68. The van der Waals surface area contributed by atoms with Crippen LogP contribution in [-0.4, -0.2) is 24.5 Å². The zero-order chi connectivity index (χ0) is 7.19. The van der Waals surface area contributed by atoms with Crippen LogP contribution >= 0.6 is 0 Å². The summed E-state index contributed by atoms with van der Waals surface area (Å²) >= 11 is 0. The lowest BCUT2D eigenvalue weighted by Gasteiger charge is -2.37. The second-order valence-corrected chi connectivity index (χ2v) is 4.32. The first-order valence-corrected chi connectivity index (χ1v) is 4.42. The van der Waals surface area contributed by atoms with Crippen molar-refractivity contribution >= 4 is 0 Å². The fourth-order valence-electron chi connectivity index (χ4n) is 2.57. The SMILES string of the molecule is C[C@@H]1CC2(CCC2)CN1C. The number of nitrogens with zero attached hydrogens (tertiary/aromatic N) is 1. The Hall–Kier alpha value is -0.0400. The van der Waals surface area contributed by atoms with Gasteiger partial charge in [0.2, 0.25) is 0 Å². The smallest absolute Gasteiger partial charge is 0.00698 e. The predicted octanol–water partition coefficient (Wildman–Crippen LogP) is 1.88. The zero-order valence-electron chi connectivity index (χ0n) is 7.06. The number of likely N-dealkylation sites (tertiary alicyclic amines) is 1. The fraction of sp³-hybridized carbons (Fsp3) is 1.00. The van der Waals surface area contributed by atoms with E-state index in [1.54, 1.807) is 0 Å². The van der Waals surface area contributed by atoms with E-state index in [0.717, 1.165) is 11.5 Å². The molecule has 58 valence electrons. The molecule has 0 amide bonds. The van der Waals surface area contributed by atoms with Gasteiger partial charge in [0.1, 0.15) is 0 Å². The molecule has 0 unspecified atom stereocenters. The van der Waals surface area contributed by atoms with Crippen molar-refractivity contribution in [1.29, 1.82) is 0 Å². The van der Waals surface area contributed by atoms with Crippen LogP contribution in [0.4, 0.5) is 0 Å². The molecular weight excluding hydrogens is 122 g/mol. The average Bonchev–Trinajstić information content (AvgIpc) is 2.08. The van der Waals surface area contributed by atoms with Gasteiger partial charge in [-0.15, -0.1) is 0 Å². The van der Waals surface area contributed by atoms with E-state index in [0.29, 0.717) is 0 Å². The summed E-state index contributed by atoms with van der Waals surface area (Å²) in [5.41, 5.74) is 0.786. The molecule has 1 heteroatoms. The van der Waals surface area contributed by atoms with Crippen LogP contribution in [0, 0.1) is 5.41 Å². The fourth-order valence-corrected chi connectivity index (χ4v) is 2.57. The van der Waals surface area contributed by atoms with Crippen LogP contribution in [0.15, 0.2) is 0 Å². The largest absolute Gasteiger partial charge is 0.303 e. The first-order chi connectivity index (χ1) is 4.72. The van der Waals surface area contributed by atoms with Crippen molar-refractivity contribution in [1.82, 2.24) is 4.90 Å². The van der Waals surface area contributed by atoms with Gasteiger partial charge in [-0.05, 0) is 38.6 Å². The molecule has 1 spiro atoms. The summed E-state index contributed by atoms with van der Waals surface area (Å²) < 4.78 is 0. The molecule has 0 aromatic carbocycles. The van der Waals surface area contributed by atoms with Crippen LogP contribution in [0.25, 0.3) is 0 Å². The van der Waals surface area contributed by atoms with Gasteiger partial charge in [0.05, 0.1) is 0 Å². The highest BCUT2D eigenvalue weighted by molar-refractivity contribution is 4.97. The molecule has 1 atom stereocenters. The number of hydrogen-bond acceptors (Lipinski definition) is 1. The minimum atomic E-state index is 0.786. The Morgan fingerprint density at radius 1 is 1.40 bits per heavy atom. The number of rotatable bonds is 0. The molecule has 2 fully saturated rings. The topological polar surface area (TPSA) is 3.24 Å². The van der Waals surface area contributed by atoms with Gasteiger partial charge in [-0.1, -0.05) is 6.42 Å². The van der Waals surface area contributed by atoms with Crippen molar-refractivity contribution in [3.8, 4) is 0 Å². The second kappa shape index (κ2) is 1.97. The summed E-state index contributed by atoms with van der Waals surface area (Å²) in [5, 5.41) is 0. The van der Waals surface area contributed by atoms with E-state index in [1.807, 2.05) is 0 Å². The standard InChI is InChI=1S/C9H17N/c1-8-6-9(4-3-5-9)7-10(8)2/h8H,3-7H2,1-2H3/t8-/m1/s1. The molecule has 0 radical (unpaired) electrons. The van der Waals surface area contributed by atoms with E-state index in [9.17, 15) is 0 Å². The minimum Gasteiger partial charge on any atom is -0.303 e. The van der Waals surface area contributed by atoms with Gasteiger partial charge in [0, 0.05) is 12.6 Å². The van der Waals surface area contributed by atoms with Gasteiger partial charge >= 0.3 is 0 Å². The van der Waals surface area contributed by atoms with Crippen LogP contribution in [0.3, 0.4) is 0 Å². The summed E-state index contributed by atoms with van der Waals surface area (Å²) in [7, 11) is 2.26. The quantitative estimate of drug-likeness (QED) is 0.495. The van der Waals surface area contributed by atoms with Crippen molar-refractivity contribution in [3.05, 3.63) is 0 Å². The van der Waals surface area contributed by atoms with Crippen LogP contribution in [0.1, 0.15) is 32.6 Å². The van der Waals surface area contributed by atoms with Crippen LogP contribution < -0.4 is 0 Å². The summed E-state index contributed by atoms with van der Waals surface area (Å²) in [6.07, 6.45) is 5.95. The molecule has 1 nitrogen and oxygen atoms in total. The Labute approximate surface area is 63.4 Å². The molecule has 1 heterocycles. The normalized spacial score (nSPS) is 38.4. The maximum atomic E-state index is 2.51. The highest BCUT2D eigenvalue weighted by atomic mass is 15.2. The van der Waals surface area contributed by atoms with E-state index in [4.69, 9.17) is 0 Å². The van der Waals surface area contributed by atoms with Gasteiger partial charge in [0.25, 0.3) is 0 Å². The van der Waals surface area contributed by atoms with Crippen molar-refractivity contribution in [3.63, 3.8) is 0 Å². The summed E-state index contributed by atoms with van der Waals surface area (Å²) in [6.45, 7) is 3.72. The van der Waals surface area contributed by atoms with E-state index in [1.165, 1.54) is 32.2 Å². The van der Waals surface area contributed by atoms with E-state index in [2.05, 4.69) is 18.9 Å². The highest BCUT2D eigenvalue weighted by Crippen LogP contribution is 2.49. The van der Waals surface area contributed by atoms with Crippen LogP contribution in [0.5, 0.6) is 0 Å². The van der Waals surface area contributed by atoms with Crippen molar-refractivity contribution in [2.45, 2.75) is 38.6 Å². The Balaban J connectivity index is 2.03. The Kier molecular flexibility index (Phi) is 1.31. The summed E-state index contributed by atoms with van der Waals surface area (Å²) in [5.74, 6) is 0. The van der Waals surface area contributed by atoms with Gasteiger partial charge in [-0.25, -0.2) is 0 Å². The van der Waals surface area contributed by atoms with Gasteiger partial charge in [-0.3, -0.25) is 0 Å². The molecule has 0 bridgehead atoms. The summed E-state index contributed by atoms with van der Waals surface area (Å²) in [6, 6.07) is 0.847. The summed E-state index contributed by atoms with van der Waals surface area (Å²) in [4.78, 5) is 2.51. The predicted molar refractivity (Wildman–Crippen MR) is 43.0 cm³/mol. The molecule has 1 saturated heterocycles. The third-order valence-electron chi connectivity index (χ3n) is 3.48. The molecule has 2 aliphatic rings. The lowest BCUT2D eigenvalue weighted by Crippen LogP contribution is -2.31. The monoisotopic (exact) mass is 139 g/mol. The molecule has 2 rings (SSSR count). The Morgan fingerprint density at radius 2 is 2.10 bits per heavy atom. The van der Waals surface area contributed by atoms with Gasteiger partial charge in [-0.2, -0.15) is 0 Å². The molecule has 0 aromatic heterocycles. The molecule has 0 N–H and O–H groups in total. The number of hydrogen-bond donors (Lipinski definition) is 0. The Bertz CT molecular complexity index is 126. The zero-order valence-corrected chi connectivity index (χ0v) is 7.06. The molecular formula is C9H17N. The highest BCUT2D eigenvalue weighted by Gasteiger charge is 2.44. The Morgan fingerprint density at radius 3 is 2.30 bits per heavy atom. The minimum absolute atomic E-state index is 0.786. The first kappa shape index (κ1) is 6.66. The second-order valence-electron chi connectivity index (χ2n) is 4.32. The maximum absolute atomic E-state index is 2.51. The molecule has 0 aromatic rings. The van der Waals surface area contributed by atoms with Crippen molar-refractivity contribution < 1.29 is 0 Å². The maximum Gasteiger partial charge on any atom is 0.00698 e. The van der Waals surface area contributed by atoms with Gasteiger partial charge < -0.3 is 4.90 Å². The third kappa shape index (κ3) is 0.800. The lowest BCUT2D eigenvalue weighted by molar-refractivity contribution is 0.145. The average molecular weight is 139 g/mol. The van der Waals surface area contributed by atoms with Crippen LogP contribution in [-0.2, 0) is 0 Å².